The van der Waals surface area contributed by atoms with Gasteiger partial charge < -0.3 is 0 Å². The van der Waals surface area contributed by atoms with Crippen molar-refractivity contribution in [1.82, 2.24) is 0 Å². The zero-order valence-electron chi connectivity index (χ0n) is 18.1. The van der Waals surface area contributed by atoms with Crippen LogP contribution in [0.3, 0.4) is 0 Å². The van der Waals surface area contributed by atoms with Crippen LogP contribution in [0.25, 0.3) is 0 Å². The van der Waals surface area contributed by atoms with E-state index >= 15 is 0 Å². The van der Waals surface area contributed by atoms with Crippen molar-refractivity contribution in [2.24, 2.45) is 0 Å². The van der Waals surface area contributed by atoms with Crippen molar-refractivity contribution in [1.29, 1.82) is 0 Å². The fourth-order valence-electron chi connectivity index (χ4n) is 4.24. The van der Waals surface area contributed by atoms with Crippen molar-refractivity contribution in [3.8, 4) is 0 Å². The Morgan fingerprint density at radius 2 is 1.94 bits per heavy atom. The van der Waals surface area contributed by atoms with Crippen molar-refractivity contribution in [2.75, 3.05) is 6.61 Å². The average Bonchev–Trinajstić information content (AvgIpc) is 3.15. The number of rotatable bonds is 6. The maximum absolute atomic E-state index is 6.59. The molecule has 0 N–H and O–H groups in total. The van der Waals surface area contributed by atoms with Gasteiger partial charge in [0.15, 0.2) is 0 Å². The van der Waals surface area contributed by atoms with Gasteiger partial charge in [0, 0.05) is 0 Å². The number of hydrogen-bond acceptors (Lipinski definition) is 3. The molecule has 4 atom stereocenters. The van der Waals surface area contributed by atoms with Gasteiger partial charge in [0.05, 0.1) is 0 Å². The molecule has 2 heterocycles. The summed E-state index contributed by atoms with van der Waals surface area (Å²) >= 11 is 0. The van der Waals surface area contributed by atoms with E-state index in [-0.39, 0.29) is 6.10 Å². The Morgan fingerprint density at radius 1 is 1.16 bits per heavy atom. The molecule has 2 aliphatic rings. The molecule has 4 rings (SSSR count). The van der Waals surface area contributed by atoms with E-state index in [1.54, 1.807) is 0 Å². The van der Waals surface area contributed by atoms with Crippen LogP contribution in [0, 0.1) is 0 Å². The van der Waals surface area contributed by atoms with Gasteiger partial charge in [-0.3, -0.25) is 0 Å². The van der Waals surface area contributed by atoms with Crippen molar-refractivity contribution in [3.63, 3.8) is 0 Å². The van der Waals surface area contributed by atoms with Gasteiger partial charge in [0.25, 0.3) is 0 Å². The summed E-state index contributed by atoms with van der Waals surface area (Å²) in [6.45, 7) is 2.69. The van der Waals surface area contributed by atoms with Gasteiger partial charge in [-0.05, 0) is 12.0 Å². The summed E-state index contributed by atoms with van der Waals surface area (Å²) in [5, 5.41) is 0. The molecule has 3 nitrogen and oxygen atoms in total. The first-order valence-corrected chi connectivity index (χ1v) is 21.2. The molecule has 4 unspecified atom stereocenters. The Bertz CT molecular complexity index is 1060. The van der Waals surface area contributed by atoms with E-state index in [4.69, 9.17) is 14.0 Å². The van der Waals surface area contributed by atoms with Crippen LogP contribution >= 0.6 is 54.4 Å². The Kier molecular flexibility index (Phi) is 10.1. The molecular weight excluding hydrogens is 529 g/mol. The summed E-state index contributed by atoms with van der Waals surface area (Å²) in [5.74, 6) is -0.615. The van der Waals surface area contributed by atoms with Gasteiger partial charge >= 0.3 is 172 Å². The minimum absolute atomic E-state index is 0.0568. The molecule has 0 aliphatic carbocycles. The fourth-order valence-corrected chi connectivity index (χ4v) is 21.2. The van der Waals surface area contributed by atoms with Gasteiger partial charge in [-0.25, -0.2) is 0 Å². The Morgan fingerprint density at radius 3 is 2.72 bits per heavy atom. The van der Waals surface area contributed by atoms with Gasteiger partial charge in [-0.2, -0.15) is 0 Å². The summed E-state index contributed by atoms with van der Waals surface area (Å²) in [5.41, 5.74) is 6.50. The first-order valence-electron chi connectivity index (χ1n) is 10.8. The number of ether oxygens (including phenoxy) is 2. The molecule has 2 aromatic carbocycles. The molecule has 0 amide bonds. The van der Waals surface area contributed by atoms with Gasteiger partial charge in [0.2, 0.25) is 0 Å². The average molecular weight is 556 g/mol. The van der Waals surface area contributed by atoms with Crippen LogP contribution in [-0.2, 0) is 39.2 Å². The van der Waals surface area contributed by atoms with Crippen molar-refractivity contribution >= 4 is 54.4 Å². The van der Waals surface area contributed by atoms with Crippen LogP contribution in [0.4, 0.5) is 0 Å². The summed E-state index contributed by atoms with van der Waals surface area (Å²) in [4.78, 5) is 0. The zero-order chi connectivity index (χ0) is 22.4. The third-order valence-corrected chi connectivity index (χ3v) is 21.6. The number of benzene rings is 2. The van der Waals surface area contributed by atoms with Gasteiger partial charge in [0.1, 0.15) is 0 Å². The van der Waals surface area contributed by atoms with Crippen LogP contribution in [-0.4, -0.2) is 12.7 Å². The van der Waals surface area contributed by atoms with E-state index < -0.39 is 12.7 Å². The summed E-state index contributed by atoms with van der Waals surface area (Å²) in [6, 6.07) is 15.7. The molecule has 1 saturated heterocycles. The van der Waals surface area contributed by atoms with E-state index in [1.807, 2.05) is 0 Å². The first-order chi connectivity index (χ1) is 15.6. The van der Waals surface area contributed by atoms with E-state index in [2.05, 4.69) is 66.7 Å². The fraction of sp³-hybridized carbons (Fsp3) is 0.455. The molecule has 0 saturated carbocycles. The summed E-state index contributed by atoms with van der Waals surface area (Å²) in [7, 11) is 12.7. The molecule has 2 aliphatic heterocycles. The minimum atomic E-state index is -0.718. The Balaban J connectivity index is 1.44. The number of hydrogen-bond donors (Lipinski definition) is 0. The predicted molar refractivity (Wildman–Crippen MR) is 147 cm³/mol. The second-order valence-corrected chi connectivity index (χ2v) is 21.8. The molecule has 0 radical (unpaired) electrons. The van der Waals surface area contributed by atoms with Crippen molar-refractivity contribution in [2.45, 2.75) is 57.5 Å². The van der Waals surface area contributed by atoms with Gasteiger partial charge in [-0.1, -0.05) is 19.1 Å². The van der Waals surface area contributed by atoms with E-state index in [0.29, 0.717) is 13.2 Å². The first kappa shape index (κ1) is 25.8. The second-order valence-electron chi connectivity index (χ2n) is 7.94. The zero-order valence-corrected chi connectivity index (χ0v) is 24.6. The summed E-state index contributed by atoms with van der Waals surface area (Å²) in [6.07, 6.45) is 5.06. The predicted octanol–water partition coefficient (Wildman–Crippen LogP) is 10.1. The van der Waals surface area contributed by atoms with Crippen LogP contribution in [0.2, 0.25) is 0 Å². The smallest absolute Gasteiger partial charge is 0.0588 e. The molecular formula is C22H27O3P7. The standard InChI is InChI=1S/C22H27O3P7/c1-2-16-5-7-17(8-6-16)12-18-9-10-19-14-23-22(21(19)13-18)11-3-4-20(25-22)15-24-32(27)31-30-29-28-26/h5-10,13,20H,2-4,11-12,14-15,26H2,1H3. The Labute approximate surface area is 202 Å². The Hall–Kier alpha value is 0.680. The van der Waals surface area contributed by atoms with Crippen molar-refractivity contribution in [3.05, 3.63) is 70.3 Å². The molecule has 32 heavy (non-hydrogen) atoms. The monoisotopic (exact) mass is 556 g/mol. The SMILES string of the molecule is CCc1ccc(Cc2ccc3c(c2)C2(CCCC(COP(#P)P=PP=PP)O2)OC3)cc1. The normalized spacial score (nSPS) is 23.3. The molecule has 0 bridgehead atoms. The van der Waals surface area contributed by atoms with Gasteiger partial charge in [-0.15, -0.1) is 0 Å². The molecule has 0 aromatic heterocycles. The third-order valence-electron chi connectivity index (χ3n) is 5.86. The van der Waals surface area contributed by atoms with Crippen molar-refractivity contribution < 1.29 is 14.0 Å². The number of aryl methyl sites for hydroxylation is 1. The molecule has 1 fully saturated rings. The van der Waals surface area contributed by atoms with Crippen LogP contribution < -0.4 is 0 Å². The van der Waals surface area contributed by atoms with Crippen LogP contribution in [0.1, 0.15) is 54.0 Å². The summed E-state index contributed by atoms with van der Waals surface area (Å²) < 4.78 is 19.0. The molecule has 2 aromatic rings. The topological polar surface area (TPSA) is 27.7 Å². The molecule has 168 valence electrons. The van der Waals surface area contributed by atoms with Crippen LogP contribution in [0.15, 0.2) is 42.5 Å². The molecule has 10 heteroatoms. The maximum atomic E-state index is 6.59. The quantitative estimate of drug-likeness (QED) is 0.332. The van der Waals surface area contributed by atoms with E-state index in [0.717, 1.165) is 32.1 Å². The molecule has 1 spiro atoms. The van der Waals surface area contributed by atoms with Crippen LogP contribution in [0.5, 0.6) is 0 Å². The van der Waals surface area contributed by atoms with E-state index in [9.17, 15) is 0 Å². The number of fused-ring (bicyclic) bond motifs is 2. The minimum Gasteiger partial charge on any atom is -0.0588 e. The second kappa shape index (κ2) is 12.6. The van der Waals surface area contributed by atoms with E-state index in [1.165, 1.54) is 58.0 Å². The third kappa shape index (κ3) is 6.66.